The van der Waals surface area contributed by atoms with Gasteiger partial charge in [-0.2, -0.15) is 4.57 Å². The van der Waals surface area contributed by atoms with Crippen molar-refractivity contribution in [3.8, 4) is 0 Å². The Morgan fingerprint density at radius 1 is 1.27 bits per heavy atom. The summed E-state index contributed by atoms with van der Waals surface area (Å²) in [6.07, 6.45) is 3.75. The first kappa shape index (κ1) is 9.82. The summed E-state index contributed by atoms with van der Waals surface area (Å²) in [6, 6.07) is 5.74. The summed E-state index contributed by atoms with van der Waals surface area (Å²) in [5.41, 5.74) is 0. The lowest BCUT2D eigenvalue weighted by atomic mass is 10.4. The maximum absolute atomic E-state index is 10.6. The van der Waals surface area contributed by atoms with E-state index in [1.54, 1.807) is 6.92 Å². The molecule has 0 spiro atoms. The van der Waals surface area contributed by atoms with Crippen LogP contribution in [0.3, 0.4) is 0 Å². The number of rotatable bonds is 2. The quantitative estimate of drug-likeness (QED) is 0.456. The molecule has 0 saturated heterocycles. The number of ketones is 1. The second-order valence-corrected chi connectivity index (χ2v) is 2.25. The van der Waals surface area contributed by atoms with E-state index in [0.29, 0.717) is 6.54 Å². The molecule has 1 rings (SSSR count). The van der Waals surface area contributed by atoms with Crippen molar-refractivity contribution >= 4 is 5.78 Å². The van der Waals surface area contributed by atoms with Crippen molar-refractivity contribution < 1.29 is 9.36 Å². The topological polar surface area (TPSA) is 20.9 Å². The Bertz CT molecular complexity index is 218. The second-order valence-electron chi connectivity index (χ2n) is 2.25. The smallest absolute Gasteiger partial charge is 0.206 e. The summed E-state index contributed by atoms with van der Waals surface area (Å²) >= 11 is 0. The van der Waals surface area contributed by atoms with Crippen molar-refractivity contribution in [1.29, 1.82) is 0 Å². The van der Waals surface area contributed by atoms with Gasteiger partial charge in [0.05, 0.1) is 0 Å². The number of carbonyl (C=O) groups excluding carboxylic acids is 1. The normalized spacial score (nSPS) is 8.45. The maximum Gasteiger partial charge on any atom is 0.206 e. The third-order valence-corrected chi connectivity index (χ3v) is 1.18. The van der Waals surface area contributed by atoms with Crippen LogP contribution in [0.4, 0.5) is 0 Å². The van der Waals surface area contributed by atoms with Crippen molar-refractivity contribution in [1.82, 2.24) is 0 Å². The third-order valence-electron chi connectivity index (χ3n) is 1.18. The fourth-order valence-electron chi connectivity index (χ4n) is 0.797. The largest absolute Gasteiger partial charge is 0.358 e. The summed E-state index contributed by atoms with van der Waals surface area (Å²) in [4.78, 5) is 10.6. The Morgan fingerprint density at radius 3 is 2.27 bits per heavy atom. The molecule has 0 radical (unpaired) electrons. The molecule has 0 amide bonds. The summed E-state index contributed by atoms with van der Waals surface area (Å²) in [6.45, 7) is 2.06. The molecule has 0 atom stereocenters. The first-order valence-electron chi connectivity index (χ1n) is 3.22. The number of hydrogen-bond donors (Lipinski definition) is 0. The fourth-order valence-corrected chi connectivity index (χ4v) is 0.797. The van der Waals surface area contributed by atoms with Gasteiger partial charge in [0.25, 0.3) is 0 Å². The summed E-state index contributed by atoms with van der Waals surface area (Å²) in [5, 5.41) is 0. The molecule has 1 heterocycles. The SMILES string of the molecule is CC(=O)C[n+]1ccccc1.[CH3-]. The Labute approximate surface area is 67.5 Å². The fraction of sp³-hybridized carbons (Fsp3) is 0.222. The van der Waals surface area contributed by atoms with Crippen LogP contribution >= 0.6 is 0 Å². The zero-order valence-corrected chi connectivity index (χ0v) is 6.95. The van der Waals surface area contributed by atoms with E-state index in [2.05, 4.69) is 0 Å². The van der Waals surface area contributed by atoms with E-state index >= 15 is 0 Å². The van der Waals surface area contributed by atoms with Crippen LogP contribution in [0.5, 0.6) is 0 Å². The molecule has 0 aliphatic heterocycles. The van der Waals surface area contributed by atoms with Gasteiger partial charge in [0.1, 0.15) is 0 Å². The van der Waals surface area contributed by atoms with E-state index in [-0.39, 0.29) is 13.2 Å². The molecule has 0 aromatic carbocycles. The van der Waals surface area contributed by atoms with E-state index in [1.165, 1.54) is 0 Å². The van der Waals surface area contributed by atoms with Gasteiger partial charge in [0, 0.05) is 19.1 Å². The molecule has 1 aromatic rings. The molecule has 11 heavy (non-hydrogen) atoms. The highest BCUT2D eigenvalue weighted by Gasteiger charge is 1.99. The number of aromatic nitrogens is 1. The van der Waals surface area contributed by atoms with Gasteiger partial charge >= 0.3 is 0 Å². The first-order valence-corrected chi connectivity index (χ1v) is 3.22. The van der Waals surface area contributed by atoms with Gasteiger partial charge in [-0.3, -0.25) is 4.79 Å². The number of nitrogens with zero attached hydrogens (tertiary/aromatic N) is 1. The molecule has 0 bridgehead atoms. The summed E-state index contributed by atoms with van der Waals surface area (Å²) in [5.74, 6) is 0.177. The number of pyridine rings is 1. The van der Waals surface area contributed by atoms with Crippen molar-refractivity contribution in [2.45, 2.75) is 13.5 Å². The summed E-state index contributed by atoms with van der Waals surface area (Å²) < 4.78 is 1.85. The van der Waals surface area contributed by atoms with Crippen molar-refractivity contribution in [2.75, 3.05) is 0 Å². The molecule has 0 fully saturated rings. The van der Waals surface area contributed by atoms with Crippen molar-refractivity contribution in [3.05, 3.63) is 38.0 Å². The van der Waals surface area contributed by atoms with Gasteiger partial charge < -0.3 is 7.43 Å². The molecular weight excluding hydrogens is 138 g/mol. The van der Waals surface area contributed by atoms with Gasteiger partial charge in [0.2, 0.25) is 6.54 Å². The minimum atomic E-state index is 0. The van der Waals surface area contributed by atoms with Gasteiger partial charge in [-0.25, -0.2) is 0 Å². The molecular formula is C9H13NO. The predicted molar refractivity (Wildman–Crippen MR) is 43.7 cm³/mol. The standard InChI is InChI=1S/C8H10NO.CH3/c1-8(10)7-9-5-3-2-4-6-9;/h2-6H,7H2,1H3;1H3/q+1;-1. The van der Waals surface area contributed by atoms with Gasteiger partial charge in [-0.15, -0.1) is 0 Å². The number of Topliss-reactive ketones (excluding diaryl/α,β-unsaturated/α-hetero) is 1. The Morgan fingerprint density at radius 2 is 1.82 bits per heavy atom. The van der Waals surface area contributed by atoms with Crippen LogP contribution in [0.2, 0.25) is 0 Å². The molecule has 2 heteroatoms. The molecule has 0 saturated carbocycles. The molecule has 2 nitrogen and oxygen atoms in total. The highest BCUT2D eigenvalue weighted by Crippen LogP contribution is 1.77. The van der Waals surface area contributed by atoms with Crippen LogP contribution in [0.1, 0.15) is 6.92 Å². The second kappa shape index (κ2) is 4.61. The van der Waals surface area contributed by atoms with Gasteiger partial charge in [-0.1, -0.05) is 6.07 Å². The average molecular weight is 151 g/mol. The Hall–Kier alpha value is -1.18. The van der Waals surface area contributed by atoms with Crippen LogP contribution in [0.15, 0.2) is 30.6 Å². The van der Waals surface area contributed by atoms with Gasteiger partial charge in [0.15, 0.2) is 18.2 Å². The zero-order chi connectivity index (χ0) is 7.40. The molecule has 0 N–H and O–H groups in total. The lowest BCUT2D eigenvalue weighted by Crippen LogP contribution is -2.35. The first-order chi connectivity index (χ1) is 4.79. The van der Waals surface area contributed by atoms with Crippen LogP contribution in [-0.2, 0) is 11.3 Å². The van der Waals surface area contributed by atoms with E-state index in [9.17, 15) is 4.79 Å². The van der Waals surface area contributed by atoms with Gasteiger partial charge in [-0.05, 0) is 0 Å². The average Bonchev–Trinajstić information content (AvgIpc) is 1.88. The van der Waals surface area contributed by atoms with Crippen LogP contribution < -0.4 is 4.57 Å². The van der Waals surface area contributed by atoms with E-state index < -0.39 is 0 Å². The molecule has 0 aliphatic carbocycles. The molecule has 0 unspecified atom stereocenters. The summed E-state index contributed by atoms with van der Waals surface area (Å²) in [7, 11) is 0. The number of hydrogen-bond acceptors (Lipinski definition) is 1. The van der Waals surface area contributed by atoms with Crippen molar-refractivity contribution in [3.63, 3.8) is 0 Å². The monoisotopic (exact) mass is 151 g/mol. The van der Waals surface area contributed by atoms with E-state index in [1.807, 2.05) is 35.2 Å². The Balaban J connectivity index is 0.000001000. The molecule has 0 aliphatic rings. The van der Waals surface area contributed by atoms with Crippen molar-refractivity contribution in [2.24, 2.45) is 0 Å². The zero-order valence-electron chi connectivity index (χ0n) is 6.95. The molecule has 1 aromatic heterocycles. The maximum atomic E-state index is 10.6. The van der Waals surface area contributed by atoms with Crippen LogP contribution in [0.25, 0.3) is 0 Å². The minimum Gasteiger partial charge on any atom is -0.358 e. The Kier molecular flexibility index (Phi) is 4.11. The lowest BCUT2D eigenvalue weighted by molar-refractivity contribution is -0.684. The lowest BCUT2D eigenvalue weighted by Gasteiger charge is -1.88. The highest BCUT2D eigenvalue weighted by molar-refractivity contribution is 5.73. The van der Waals surface area contributed by atoms with Crippen LogP contribution in [-0.4, -0.2) is 5.78 Å². The number of carbonyl (C=O) groups is 1. The molecule has 60 valence electrons. The minimum absolute atomic E-state index is 0. The highest BCUT2D eigenvalue weighted by atomic mass is 16.1. The van der Waals surface area contributed by atoms with Crippen LogP contribution in [0, 0.1) is 7.43 Å². The predicted octanol–water partition coefficient (Wildman–Crippen LogP) is 1.01. The van der Waals surface area contributed by atoms with E-state index in [0.717, 1.165) is 0 Å². The van der Waals surface area contributed by atoms with E-state index in [4.69, 9.17) is 0 Å². The third kappa shape index (κ3) is 3.50.